The molecule has 4 nitrogen and oxygen atoms in total. The van der Waals surface area contributed by atoms with Crippen LogP contribution in [0.3, 0.4) is 0 Å². The summed E-state index contributed by atoms with van der Waals surface area (Å²) in [5.74, 6) is 0.0183. The van der Waals surface area contributed by atoms with Gasteiger partial charge in [-0.05, 0) is 31.5 Å². The largest absolute Gasteiger partial charge is 0.348 e. The number of carbonyl (C=O) groups is 1. The van der Waals surface area contributed by atoms with Gasteiger partial charge in [-0.25, -0.2) is 0 Å². The molecule has 0 aliphatic rings. The van der Waals surface area contributed by atoms with Gasteiger partial charge in [0.15, 0.2) is 0 Å². The van der Waals surface area contributed by atoms with Crippen LogP contribution >= 0.6 is 0 Å². The molecule has 0 saturated heterocycles. The number of amides is 1. The highest BCUT2D eigenvalue weighted by atomic mass is 16.1. The summed E-state index contributed by atoms with van der Waals surface area (Å²) in [5.41, 5.74) is 1.02. The zero-order valence-corrected chi connectivity index (χ0v) is 9.86. The van der Waals surface area contributed by atoms with Crippen molar-refractivity contribution in [1.29, 1.82) is 0 Å². The molecule has 1 unspecified atom stereocenters. The maximum atomic E-state index is 11.5. The van der Waals surface area contributed by atoms with Gasteiger partial charge in [0.05, 0.1) is 12.6 Å². The number of nitrogens with zero attached hydrogens (tertiary/aromatic N) is 1. The minimum absolute atomic E-state index is 0.00428. The maximum absolute atomic E-state index is 11.5. The van der Waals surface area contributed by atoms with Crippen LogP contribution in [-0.4, -0.2) is 24.0 Å². The topological polar surface area (TPSA) is 54.0 Å². The molecular weight excluding hydrogens is 202 g/mol. The molecule has 1 rings (SSSR count). The van der Waals surface area contributed by atoms with Crippen LogP contribution in [0.2, 0.25) is 0 Å². The van der Waals surface area contributed by atoms with E-state index in [-0.39, 0.29) is 11.9 Å². The third kappa shape index (κ3) is 4.40. The van der Waals surface area contributed by atoms with Crippen molar-refractivity contribution >= 4 is 5.91 Å². The lowest BCUT2D eigenvalue weighted by atomic mass is 10.1. The predicted octanol–water partition coefficient (Wildman–Crippen LogP) is 1.26. The highest BCUT2D eigenvalue weighted by Crippen LogP contribution is 2.08. The van der Waals surface area contributed by atoms with Crippen LogP contribution in [0, 0.1) is 0 Å². The summed E-state index contributed by atoms with van der Waals surface area (Å²) in [6, 6.07) is 3.83. The summed E-state index contributed by atoms with van der Waals surface area (Å²) in [7, 11) is 0. The minimum atomic E-state index is 0.00428. The Labute approximate surface area is 96.5 Å². The second kappa shape index (κ2) is 6.95. The quantitative estimate of drug-likeness (QED) is 0.711. The van der Waals surface area contributed by atoms with E-state index in [0.717, 1.165) is 18.5 Å². The van der Waals surface area contributed by atoms with Gasteiger partial charge in [-0.1, -0.05) is 13.0 Å². The standard InChI is InChI=1S/C12H19N3O/c1-3-6-13-9-12(16)15-10(2)11-5-4-7-14-8-11/h4-5,7-8,10,13H,3,6,9H2,1-2H3,(H,15,16). The fraction of sp³-hybridized carbons (Fsp3) is 0.500. The van der Waals surface area contributed by atoms with Crippen LogP contribution in [0.15, 0.2) is 24.5 Å². The Bertz CT molecular complexity index is 313. The Kier molecular flexibility index (Phi) is 5.50. The van der Waals surface area contributed by atoms with E-state index < -0.39 is 0 Å². The predicted molar refractivity (Wildman–Crippen MR) is 64.0 cm³/mol. The molecule has 16 heavy (non-hydrogen) atoms. The lowest BCUT2D eigenvalue weighted by Crippen LogP contribution is -2.35. The minimum Gasteiger partial charge on any atom is -0.348 e. The molecule has 4 heteroatoms. The summed E-state index contributed by atoms with van der Waals surface area (Å²) in [5, 5.41) is 5.98. The van der Waals surface area contributed by atoms with E-state index in [1.54, 1.807) is 12.4 Å². The van der Waals surface area contributed by atoms with Crippen LogP contribution < -0.4 is 10.6 Å². The van der Waals surface area contributed by atoms with E-state index in [1.165, 1.54) is 0 Å². The molecule has 1 amide bonds. The summed E-state index contributed by atoms with van der Waals surface area (Å²) >= 11 is 0. The number of nitrogens with one attached hydrogen (secondary N) is 2. The van der Waals surface area contributed by atoms with Gasteiger partial charge in [0.25, 0.3) is 0 Å². The molecule has 1 atom stereocenters. The van der Waals surface area contributed by atoms with Gasteiger partial charge in [0.1, 0.15) is 0 Å². The molecule has 0 fully saturated rings. The fourth-order valence-electron chi connectivity index (χ4n) is 1.39. The molecule has 88 valence electrons. The van der Waals surface area contributed by atoms with Crippen molar-refractivity contribution < 1.29 is 4.79 Å². The summed E-state index contributed by atoms with van der Waals surface area (Å²) in [4.78, 5) is 15.5. The molecule has 0 bridgehead atoms. The van der Waals surface area contributed by atoms with Crippen LogP contribution in [0.25, 0.3) is 0 Å². The van der Waals surface area contributed by atoms with Gasteiger partial charge in [-0.3, -0.25) is 9.78 Å². The summed E-state index contributed by atoms with van der Waals surface area (Å²) in [6.45, 7) is 5.27. The average Bonchev–Trinajstić information content (AvgIpc) is 2.30. The highest BCUT2D eigenvalue weighted by molar-refractivity contribution is 5.78. The normalized spacial score (nSPS) is 12.1. The van der Waals surface area contributed by atoms with E-state index in [2.05, 4.69) is 22.5 Å². The number of hydrogen-bond acceptors (Lipinski definition) is 3. The van der Waals surface area contributed by atoms with E-state index >= 15 is 0 Å². The van der Waals surface area contributed by atoms with E-state index in [9.17, 15) is 4.79 Å². The second-order valence-corrected chi connectivity index (χ2v) is 3.75. The van der Waals surface area contributed by atoms with Crippen molar-refractivity contribution in [2.24, 2.45) is 0 Å². The first-order valence-electron chi connectivity index (χ1n) is 5.64. The fourth-order valence-corrected chi connectivity index (χ4v) is 1.39. The Morgan fingerprint density at radius 3 is 3.00 bits per heavy atom. The lowest BCUT2D eigenvalue weighted by molar-refractivity contribution is -0.120. The summed E-state index contributed by atoms with van der Waals surface area (Å²) in [6.07, 6.45) is 4.52. The Morgan fingerprint density at radius 1 is 1.56 bits per heavy atom. The van der Waals surface area contributed by atoms with Gasteiger partial charge in [-0.15, -0.1) is 0 Å². The van der Waals surface area contributed by atoms with Crippen LogP contribution in [-0.2, 0) is 4.79 Å². The van der Waals surface area contributed by atoms with E-state index in [4.69, 9.17) is 0 Å². The Balaban J connectivity index is 2.34. The van der Waals surface area contributed by atoms with E-state index in [1.807, 2.05) is 19.1 Å². The number of rotatable bonds is 6. The summed E-state index contributed by atoms with van der Waals surface area (Å²) < 4.78 is 0. The van der Waals surface area contributed by atoms with Crippen LogP contribution in [0.5, 0.6) is 0 Å². The molecule has 0 aliphatic heterocycles. The molecule has 0 saturated carbocycles. The Hall–Kier alpha value is -1.42. The van der Waals surface area contributed by atoms with Crippen LogP contribution in [0.1, 0.15) is 31.9 Å². The monoisotopic (exact) mass is 221 g/mol. The molecule has 0 radical (unpaired) electrons. The number of hydrogen-bond donors (Lipinski definition) is 2. The third-order valence-electron chi connectivity index (χ3n) is 2.27. The first-order valence-corrected chi connectivity index (χ1v) is 5.64. The first-order chi connectivity index (χ1) is 7.74. The highest BCUT2D eigenvalue weighted by Gasteiger charge is 2.08. The van der Waals surface area contributed by atoms with Gasteiger partial charge in [0.2, 0.25) is 5.91 Å². The molecule has 0 aromatic carbocycles. The maximum Gasteiger partial charge on any atom is 0.234 e. The molecular formula is C12H19N3O. The van der Waals surface area contributed by atoms with Crippen molar-refractivity contribution in [2.75, 3.05) is 13.1 Å². The van der Waals surface area contributed by atoms with E-state index in [0.29, 0.717) is 6.54 Å². The first kappa shape index (κ1) is 12.6. The average molecular weight is 221 g/mol. The van der Waals surface area contributed by atoms with Crippen molar-refractivity contribution in [2.45, 2.75) is 26.3 Å². The molecule has 1 aromatic rings. The third-order valence-corrected chi connectivity index (χ3v) is 2.27. The molecule has 1 heterocycles. The van der Waals surface area contributed by atoms with Gasteiger partial charge >= 0.3 is 0 Å². The zero-order valence-electron chi connectivity index (χ0n) is 9.86. The van der Waals surface area contributed by atoms with Crippen molar-refractivity contribution in [3.8, 4) is 0 Å². The molecule has 1 aromatic heterocycles. The van der Waals surface area contributed by atoms with Crippen LogP contribution in [0.4, 0.5) is 0 Å². The number of carbonyl (C=O) groups excluding carboxylic acids is 1. The van der Waals surface area contributed by atoms with Crippen molar-refractivity contribution in [3.63, 3.8) is 0 Å². The SMILES string of the molecule is CCCNCC(=O)NC(C)c1cccnc1. The zero-order chi connectivity index (χ0) is 11.8. The molecule has 0 spiro atoms. The smallest absolute Gasteiger partial charge is 0.234 e. The second-order valence-electron chi connectivity index (χ2n) is 3.75. The van der Waals surface area contributed by atoms with Gasteiger partial charge in [0, 0.05) is 12.4 Å². The van der Waals surface area contributed by atoms with Crippen molar-refractivity contribution in [3.05, 3.63) is 30.1 Å². The molecule has 2 N–H and O–H groups in total. The number of aromatic nitrogens is 1. The van der Waals surface area contributed by atoms with Crippen molar-refractivity contribution in [1.82, 2.24) is 15.6 Å². The van der Waals surface area contributed by atoms with Gasteiger partial charge in [-0.2, -0.15) is 0 Å². The van der Waals surface area contributed by atoms with Gasteiger partial charge < -0.3 is 10.6 Å². The number of pyridine rings is 1. The Morgan fingerprint density at radius 2 is 2.38 bits per heavy atom. The molecule has 0 aliphatic carbocycles. The lowest BCUT2D eigenvalue weighted by Gasteiger charge is -2.13.